The van der Waals surface area contributed by atoms with Crippen LogP contribution in [0.4, 0.5) is 10.6 Å². The van der Waals surface area contributed by atoms with E-state index in [2.05, 4.69) is 27.7 Å². The van der Waals surface area contributed by atoms with Crippen LogP contribution >= 0.6 is 0 Å². The molecule has 1 unspecified atom stereocenters. The van der Waals surface area contributed by atoms with Crippen LogP contribution in [0.3, 0.4) is 0 Å². The third-order valence-electron chi connectivity index (χ3n) is 6.73. The number of aliphatic carboxylic acids is 1. The number of carboxylic acids is 1. The van der Waals surface area contributed by atoms with Gasteiger partial charge in [0.2, 0.25) is 0 Å². The van der Waals surface area contributed by atoms with Gasteiger partial charge in [-0.25, -0.2) is 14.6 Å². The Kier molecular flexibility index (Phi) is 12.8. The highest BCUT2D eigenvalue weighted by molar-refractivity contribution is 5.82. The molecule has 0 saturated carbocycles. The number of urea groups is 1. The summed E-state index contributed by atoms with van der Waals surface area (Å²) in [7, 11) is 0. The van der Waals surface area contributed by atoms with Gasteiger partial charge in [-0.2, -0.15) is 0 Å². The lowest BCUT2D eigenvalue weighted by Gasteiger charge is -2.32. The average molecular weight is 534 g/mol. The SMILES string of the molecule is CC(C)N(C(=O)NC(CCN(CCCCc1ccc2c(n1)NCCC2)CCOC(C)(C)C)C(=O)O)C(C)C. The summed E-state index contributed by atoms with van der Waals surface area (Å²) in [5, 5.41) is 16.0. The molecule has 2 heterocycles. The normalized spacial score (nSPS) is 14.4. The Labute approximate surface area is 229 Å². The van der Waals surface area contributed by atoms with Gasteiger partial charge in [0, 0.05) is 37.4 Å². The molecule has 2 amide bonds. The van der Waals surface area contributed by atoms with Crippen molar-refractivity contribution in [3.05, 3.63) is 23.4 Å². The quantitative estimate of drug-likeness (QED) is 0.284. The number of aromatic nitrogens is 1. The number of carboxylic acid groups (broad SMARTS) is 1. The zero-order valence-electron chi connectivity index (χ0n) is 24.7. The van der Waals surface area contributed by atoms with Crippen molar-refractivity contribution in [1.82, 2.24) is 20.1 Å². The molecule has 0 aliphatic carbocycles. The summed E-state index contributed by atoms with van der Waals surface area (Å²) in [6.07, 6.45) is 5.46. The Morgan fingerprint density at radius 3 is 2.45 bits per heavy atom. The third kappa shape index (κ3) is 11.2. The van der Waals surface area contributed by atoms with E-state index in [1.165, 1.54) is 5.56 Å². The molecule has 0 spiro atoms. The lowest BCUT2D eigenvalue weighted by Crippen LogP contribution is -2.53. The van der Waals surface area contributed by atoms with E-state index in [9.17, 15) is 14.7 Å². The van der Waals surface area contributed by atoms with Gasteiger partial charge in [0.1, 0.15) is 11.9 Å². The maximum absolute atomic E-state index is 12.8. The summed E-state index contributed by atoms with van der Waals surface area (Å²) in [5.74, 6) is 0.0220. The number of anilines is 1. The fourth-order valence-electron chi connectivity index (χ4n) is 4.82. The molecule has 3 N–H and O–H groups in total. The molecule has 1 aromatic heterocycles. The molecule has 216 valence electrons. The second-order valence-electron chi connectivity index (χ2n) is 11.8. The number of hydrogen-bond donors (Lipinski definition) is 3. The van der Waals surface area contributed by atoms with Crippen molar-refractivity contribution < 1.29 is 19.4 Å². The molecule has 1 atom stereocenters. The largest absolute Gasteiger partial charge is 0.480 e. The smallest absolute Gasteiger partial charge is 0.326 e. The Bertz CT molecular complexity index is 876. The first kappa shape index (κ1) is 31.8. The number of nitrogens with one attached hydrogen (secondary N) is 2. The maximum Gasteiger partial charge on any atom is 0.326 e. The number of fused-ring (bicyclic) bond motifs is 1. The van der Waals surface area contributed by atoms with E-state index < -0.39 is 12.0 Å². The number of pyridine rings is 1. The summed E-state index contributed by atoms with van der Waals surface area (Å²) >= 11 is 0. The van der Waals surface area contributed by atoms with Crippen molar-refractivity contribution in [3.63, 3.8) is 0 Å². The Morgan fingerprint density at radius 1 is 1.11 bits per heavy atom. The van der Waals surface area contributed by atoms with E-state index >= 15 is 0 Å². The van der Waals surface area contributed by atoms with Crippen LogP contribution in [0.15, 0.2) is 12.1 Å². The lowest BCUT2D eigenvalue weighted by molar-refractivity contribution is -0.139. The van der Waals surface area contributed by atoms with Gasteiger partial charge in [0.25, 0.3) is 0 Å². The molecule has 0 bridgehead atoms. The van der Waals surface area contributed by atoms with Gasteiger partial charge in [0.05, 0.1) is 12.2 Å². The van der Waals surface area contributed by atoms with Crippen LogP contribution in [-0.2, 0) is 22.4 Å². The summed E-state index contributed by atoms with van der Waals surface area (Å²) in [4.78, 5) is 33.5. The summed E-state index contributed by atoms with van der Waals surface area (Å²) in [6, 6.07) is 3.02. The number of aryl methyl sites for hydroxylation is 2. The first-order chi connectivity index (χ1) is 17.9. The van der Waals surface area contributed by atoms with Crippen LogP contribution in [0.1, 0.15) is 85.4 Å². The molecule has 38 heavy (non-hydrogen) atoms. The monoisotopic (exact) mass is 533 g/mol. The minimum absolute atomic E-state index is 0.0177. The standard InChI is InChI=1S/C29H51N5O4/c1-21(2)34(22(3)4)28(37)32-25(27(35)36)15-18-33(19-20-38-29(5,6)7)17-9-8-12-24-14-13-23-11-10-16-30-26(23)31-24/h13-14,21-22,25H,8-12,15-20H2,1-7H3,(H,30,31)(H,32,37)(H,35,36). The van der Waals surface area contributed by atoms with Crippen molar-refractivity contribution in [2.45, 2.75) is 111 Å². The van der Waals surface area contributed by atoms with Gasteiger partial charge in [-0.3, -0.25) is 0 Å². The number of carbonyl (C=O) groups excluding carboxylic acids is 1. The number of unbranched alkanes of at least 4 members (excludes halogenated alkanes) is 1. The van der Waals surface area contributed by atoms with Crippen molar-refractivity contribution in [3.8, 4) is 0 Å². The summed E-state index contributed by atoms with van der Waals surface area (Å²) < 4.78 is 5.94. The molecule has 9 heteroatoms. The Hall–Kier alpha value is -2.39. The van der Waals surface area contributed by atoms with Crippen molar-refractivity contribution in [2.24, 2.45) is 0 Å². The van der Waals surface area contributed by atoms with Crippen LogP contribution in [0, 0.1) is 0 Å². The number of ether oxygens (including phenoxy) is 1. The molecule has 1 aliphatic heterocycles. The van der Waals surface area contributed by atoms with E-state index in [4.69, 9.17) is 9.72 Å². The highest BCUT2D eigenvalue weighted by atomic mass is 16.5. The second kappa shape index (κ2) is 15.3. The van der Waals surface area contributed by atoms with Gasteiger partial charge >= 0.3 is 12.0 Å². The molecule has 0 saturated heterocycles. The van der Waals surface area contributed by atoms with Gasteiger partial charge in [0.15, 0.2) is 0 Å². The van der Waals surface area contributed by atoms with E-state index in [1.807, 2.05) is 48.5 Å². The number of amides is 2. The van der Waals surface area contributed by atoms with Gasteiger partial charge in [-0.1, -0.05) is 6.07 Å². The zero-order chi connectivity index (χ0) is 28.3. The first-order valence-corrected chi connectivity index (χ1v) is 14.3. The van der Waals surface area contributed by atoms with Gasteiger partial charge in [-0.05, 0) is 105 Å². The second-order valence-corrected chi connectivity index (χ2v) is 11.8. The van der Waals surface area contributed by atoms with Crippen LogP contribution in [-0.4, -0.2) is 88.4 Å². The highest BCUT2D eigenvalue weighted by Gasteiger charge is 2.26. The van der Waals surface area contributed by atoms with E-state index in [0.29, 0.717) is 26.1 Å². The molecule has 1 aromatic rings. The third-order valence-corrected chi connectivity index (χ3v) is 6.73. The summed E-state index contributed by atoms with van der Waals surface area (Å²) in [5.41, 5.74) is 2.18. The van der Waals surface area contributed by atoms with E-state index in [0.717, 1.165) is 56.7 Å². The zero-order valence-corrected chi connectivity index (χ0v) is 24.7. The topological polar surface area (TPSA) is 107 Å². The van der Waals surface area contributed by atoms with Gasteiger partial charge in [-0.15, -0.1) is 0 Å². The van der Waals surface area contributed by atoms with Crippen LogP contribution < -0.4 is 10.6 Å². The summed E-state index contributed by atoms with van der Waals surface area (Å²) in [6.45, 7) is 17.5. The van der Waals surface area contributed by atoms with E-state index in [-0.39, 0.29) is 23.7 Å². The van der Waals surface area contributed by atoms with Crippen molar-refractivity contribution >= 4 is 17.8 Å². The maximum atomic E-state index is 12.8. The molecule has 0 fully saturated rings. The Morgan fingerprint density at radius 2 is 1.82 bits per heavy atom. The van der Waals surface area contributed by atoms with Gasteiger partial charge < -0.3 is 30.3 Å². The molecule has 0 aromatic carbocycles. The fraction of sp³-hybridized carbons (Fsp3) is 0.759. The van der Waals surface area contributed by atoms with E-state index in [1.54, 1.807) is 4.90 Å². The van der Waals surface area contributed by atoms with Crippen molar-refractivity contribution in [2.75, 3.05) is 38.1 Å². The molecule has 1 aliphatic rings. The first-order valence-electron chi connectivity index (χ1n) is 14.3. The highest BCUT2D eigenvalue weighted by Crippen LogP contribution is 2.20. The molecular formula is C29H51N5O4. The molecule has 2 rings (SSSR count). The molecule has 0 radical (unpaired) electrons. The van der Waals surface area contributed by atoms with Crippen molar-refractivity contribution in [1.29, 1.82) is 0 Å². The minimum atomic E-state index is -1.01. The molecular weight excluding hydrogens is 482 g/mol. The van der Waals surface area contributed by atoms with Crippen LogP contribution in [0.2, 0.25) is 0 Å². The number of carbonyl (C=O) groups is 2. The molecule has 9 nitrogen and oxygen atoms in total. The Balaban J connectivity index is 1.92. The fourth-order valence-corrected chi connectivity index (χ4v) is 4.82. The predicted octanol–water partition coefficient (Wildman–Crippen LogP) is 4.55. The van der Waals surface area contributed by atoms with Crippen LogP contribution in [0.5, 0.6) is 0 Å². The lowest BCUT2D eigenvalue weighted by atomic mass is 10.1. The minimum Gasteiger partial charge on any atom is -0.480 e. The predicted molar refractivity (Wildman–Crippen MR) is 153 cm³/mol. The number of rotatable bonds is 15. The van der Waals surface area contributed by atoms with Crippen LogP contribution in [0.25, 0.3) is 0 Å². The number of nitrogens with zero attached hydrogens (tertiary/aromatic N) is 3. The number of hydrogen-bond acceptors (Lipinski definition) is 6. The average Bonchev–Trinajstić information content (AvgIpc) is 2.82.